The highest BCUT2D eigenvalue weighted by atomic mass is 35.5. The summed E-state index contributed by atoms with van der Waals surface area (Å²) in [5, 5.41) is 4.61. The number of rotatable bonds is 4. The lowest BCUT2D eigenvalue weighted by Gasteiger charge is -2.18. The molecular formula is C14H17ClFN3O. The molecule has 20 heavy (non-hydrogen) atoms. The van der Waals surface area contributed by atoms with Gasteiger partial charge < -0.3 is 10.5 Å². The molecule has 0 saturated carbocycles. The standard InChI is InChI=1S/C14H17ClFN3O/c1-8(2)19-14(11(15)7-18-19)13(17)10-5-4-9(20-3)6-12(10)16/h4-8,13H,17H2,1-3H3. The molecule has 2 N–H and O–H groups in total. The van der Waals surface area contributed by atoms with Gasteiger partial charge in [0.1, 0.15) is 11.6 Å². The molecule has 1 heterocycles. The molecule has 2 aromatic rings. The van der Waals surface area contributed by atoms with E-state index >= 15 is 0 Å². The highest BCUT2D eigenvalue weighted by Crippen LogP contribution is 2.30. The maximum Gasteiger partial charge on any atom is 0.132 e. The highest BCUT2D eigenvalue weighted by molar-refractivity contribution is 6.31. The van der Waals surface area contributed by atoms with Crippen LogP contribution in [0.15, 0.2) is 24.4 Å². The number of hydrogen-bond acceptors (Lipinski definition) is 3. The first kappa shape index (κ1) is 14.8. The van der Waals surface area contributed by atoms with Crippen LogP contribution in [-0.2, 0) is 0 Å². The van der Waals surface area contributed by atoms with Gasteiger partial charge in [0, 0.05) is 17.7 Å². The second kappa shape index (κ2) is 5.81. The van der Waals surface area contributed by atoms with Crippen molar-refractivity contribution in [1.82, 2.24) is 9.78 Å². The molecule has 1 aromatic carbocycles. The fourth-order valence-corrected chi connectivity index (χ4v) is 2.34. The van der Waals surface area contributed by atoms with Crippen LogP contribution in [0, 0.1) is 5.82 Å². The van der Waals surface area contributed by atoms with E-state index in [0.717, 1.165) is 0 Å². The first-order valence-electron chi connectivity index (χ1n) is 6.27. The molecule has 0 radical (unpaired) electrons. The lowest BCUT2D eigenvalue weighted by atomic mass is 10.0. The number of nitrogens with zero attached hydrogens (tertiary/aromatic N) is 2. The fraction of sp³-hybridized carbons (Fsp3) is 0.357. The van der Waals surface area contributed by atoms with Crippen molar-refractivity contribution in [2.24, 2.45) is 5.73 Å². The van der Waals surface area contributed by atoms with Crippen LogP contribution in [0.2, 0.25) is 5.02 Å². The first-order valence-corrected chi connectivity index (χ1v) is 6.65. The van der Waals surface area contributed by atoms with Crippen LogP contribution in [0.1, 0.15) is 37.2 Å². The number of nitrogens with two attached hydrogens (primary N) is 1. The normalized spacial score (nSPS) is 12.8. The SMILES string of the molecule is COc1ccc(C(N)c2c(Cl)cnn2C(C)C)c(F)c1. The second-order valence-electron chi connectivity index (χ2n) is 4.78. The average molecular weight is 298 g/mol. The second-order valence-corrected chi connectivity index (χ2v) is 5.19. The molecule has 6 heteroatoms. The topological polar surface area (TPSA) is 53.1 Å². The van der Waals surface area contributed by atoms with Gasteiger partial charge in [-0.05, 0) is 19.9 Å². The number of benzene rings is 1. The Bertz CT molecular complexity index is 612. The van der Waals surface area contributed by atoms with Crippen molar-refractivity contribution in [3.05, 3.63) is 46.5 Å². The van der Waals surface area contributed by atoms with Crippen molar-refractivity contribution in [2.45, 2.75) is 25.9 Å². The quantitative estimate of drug-likeness (QED) is 0.942. The summed E-state index contributed by atoms with van der Waals surface area (Å²) in [6.07, 6.45) is 1.53. The van der Waals surface area contributed by atoms with E-state index < -0.39 is 11.9 Å². The summed E-state index contributed by atoms with van der Waals surface area (Å²) in [4.78, 5) is 0. The molecule has 0 saturated heterocycles. The minimum absolute atomic E-state index is 0.0878. The van der Waals surface area contributed by atoms with Gasteiger partial charge >= 0.3 is 0 Å². The summed E-state index contributed by atoms with van der Waals surface area (Å²) >= 11 is 6.13. The van der Waals surface area contributed by atoms with E-state index in [1.165, 1.54) is 19.4 Å². The zero-order chi connectivity index (χ0) is 14.9. The van der Waals surface area contributed by atoms with Gasteiger partial charge in [0.2, 0.25) is 0 Å². The van der Waals surface area contributed by atoms with E-state index in [0.29, 0.717) is 22.0 Å². The third-order valence-corrected chi connectivity index (χ3v) is 3.40. The number of halogens is 2. The Morgan fingerprint density at radius 3 is 2.65 bits per heavy atom. The molecule has 0 aliphatic carbocycles. The lowest BCUT2D eigenvalue weighted by Crippen LogP contribution is -2.20. The Hall–Kier alpha value is -1.59. The highest BCUT2D eigenvalue weighted by Gasteiger charge is 2.22. The van der Waals surface area contributed by atoms with Crippen LogP contribution in [0.4, 0.5) is 4.39 Å². The van der Waals surface area contributed by atoms with Crippen LogP contribution in [0.25, 0.3) is 0 Å². The third kappa shape index (κ3) is 2.64. The number of aromatic nitrogens is 2. The molecule has 0 aliphatic rings. The van der Waals surface area contributed by atoms with Crippen molar-refractivity contribution in [3.63, 3.8) is 0 Å². The van der Waals surface area contributed by atoms with Gasteiger partial charge in [-0.1, -0.05) is 17.7 Å². The predicted molar refractivity (Wildman–Crippen MR) is 76.6 cm³/mol. The maximum atomic E-state index is 14.1. The summed E-state index contributed by atoms with van der Waals surface area (Å²) in [6.45, 7) is 3.92. The van der Waals surface area contributed by atoms with Crippen molar-refractivity contribution in [3.8, 4) is 5.75 Å². The van der Waals surface area contributed by atoms with Gasteiger partial charge in [-0.25, -0.2) is 4.39 Å². The Labute approximate surface area is 122 Å². The Morgan fingerprint density at radius 1 is 1.40 bits per heavy atom. The van der Waals surface area contributed by atoms with E-state index in [4.69, 9.17) is 22.1 Å². The minimum atomic E-state index is -0.682. The van der Waals surface area contributed by atoms with E-state index in [-0.39, 0.29) is 6.04 Å². The van der Waals surface area contributed by atoms with Crippen LogP contribution >= 0.6 is 11.6 Å². The van der Waals surface area contributed by atoms with E-state index in [1.54, 1.807) is 16.8 Å². The zero-order valence-corrected chi connectivity index (χ0v) is 12.4. The van der Waals surface area contributed by atoms with Crippen LogP contribution in [-0.4, -0.2) is 16.9 Å². The van der Waals surface area contributed by atoms with Crippen LogP contribution in [0.3, 0.4) is 0 Å². The van der Waals surface area contributed by atoms with Gasteiger partial charge in [0.05, 0.1) is 30.1 Å². The van der Waals surface area contributed by atoms with Crippen molar-refractivity contribution in [1.29, 1.82) is 0 Å². The van der Waals surface area contributed by atoms with Gasteiger partial charge in [0.15, 0.2) is 0 Å². The fourth-order valence-electron chi connectivity index (χ4n) is 2.09. The summed E-state index contributed by atoms with van der Waals surface area (Å²) in [7, 11) is 1.49. The molecule has 1 aromatic heterocycles. The molecule has 0 aliphatic heterocycles. The van der Waals surface area contributed by atoms with Gasteiger partial charge in [-0.15, -0.1) is 0 Å². The molecule has 108 valence electrons. The van der Waals surface area contributed by atoms with Crippen molar-refractivity contribution >= 4 is 11.6 Å². The smallest absolute Gasteiger partial charge is 0.132 e. The average Bonchev–Trinajstić information content (AvgIpc) is 2.79. The van der Waals surface area contributed by atoms with Crippen LogP contribution in [0.5, 0.6) is 5.75 Å². The van der Waals surface area contributed by atoms with Crippen molar-refractivity contribution < 1.29 is 9.13 Å². The van der Waals surface area contributed by atoms with Gasteiger partial charge in [0.25, 0.3) is 0 Å². The number of ether oxygens (including phenoxy) is 1. The van der Waals surface area contributed by atoms with E-state index in [2.05, 4.69) is 5.10 Å². The van der Waals surface area contributed by atoms with Crippen LogP contribution < -0.4 is 10.5 Å². The Kier molecular flexibility index (Phi) is 4.30. The lowest BCUT2D eigenvalue weighted by molar-refractivity contribution is 0.410. The molecular weight excluding hydrogens is 281 g/mol. The third-order valence-electron chi connectivity index (χ3n) is 3.11. The van der Waals surface area contributed by atoms with E-state index in [1.807, 2.05) is 13.8 Å². The largest absolute Gasteiger partial charge is 0.497 e. The minimum Gasteiger partial charge on any atom is -0.497 e. The number of methoxy groups -OCH3 is 1. The summed E-state index contributed by atoms with van der Waals surface area (Å²) in [6, 6.07) is 3.98. The number of hydrogen-bond donors (Lipinski definition) is 1. The monoisotopic (exact) mass is 297 g/mol. The summed E-state index contributed by atoms with van der Waals surface area (Å²) < 4.78 is 20.8. The summed E-state index contributed by atoms with van der Waals surface area (Å²) in [5.74, 6) is 0.0198. The van der Waals surface area contributed by atoms with Crippen molar-refractivity contribution in [2.75, 3.05) is 7.11 Å². The predicted octanol–water partition coefficient (Wildman–Crippen LogP) is 3.31. The maximum absolute atomic E-state index is 14.1. The summed E-state index contributed by atoms with van der Waals surface area (Å²) in [5.41, 5.74) is 7.13. The van der Waals surface area contributed by atoms with E-state index in [9.17, 15) is 4.39 Å². The molecule has 1 unspecified atom stereocenters. The zero-order valence-electron chi connectivity index (χ0n) is 11.6. The molecule has 0 fully saturated rings. The Balaban J connectivity index is 2.46. The van der Waals surface area contributed by atoms with Gasteiger partial charge in [-0.3, -0.25) is 4.68 Å². The van der Waals surface area contributed by atoms with Gasteiger partial charge in [-0.2, -0.15) is 5.10 Å². The molecule has 4 nitrogen and oxygen atoms in total. The Morgan fingerprint density at radius 2 is 2.10 bits per heavy atom. The molecule has 0 amide bonds. The first-order chi connectivity index (χ1) is 9.45. The molecule has 1 atom stereocenters. The molecule has 0 bridgehead atoms. The molecule has 0 spiro atoms. The molecule has 2 rings (SSSR count).